The summed E-state index contributed by atoms with van der Waals surface area (Å²) >= 11 is 0. The van der Waals surface area contributed by atoms with Gasteiger partial charge in [0.25, 0.3) is 5.56 Å². The zero-order chi connectivity index (χ0) is 16.0. The number of nitrogens with zero attached hydrogens (tertiary/aromatic N) is 3. The van der Waals surface area contributed by atoms with Gasteiger partial charge in [-0.15, -0.1) is 0 Å². The smallest absolute Gasteiger partial charge is 0.279 e. The van der Waals surface area contributed by atoms with E-state index in [0.29, 0.717) is 0 Å². The SMILES string of the molecule is CS(=O)[13c]1[15n]c2c(ncn2[C@@H]2O[C@H](CO)[C@@H](O)[C@H]2O)c(=O)[15nH]1. The molecule has 0 aromatic carbocycles. The van der Waals surface area contributed by atoms with E-state index in [1.165, 1.54) is 17.2 Å². The minimum Gasteiger partial charge on any atom is -0.394 e. The monoisotopic (exact) mass is 333 g/mol. The molecule has 0 saturated carbocycles. The Balaban J connectivity index is 2.12. The maximum Gasteiger partial charge on any atom is 0.279 e. The third-order valence-electron chi connectivity index (χ3n) is 3.47. The molecule has 120 valence electrons. The summed E-state index contributed by atoms with van der Waals surface area (Å²) in [6, 6.07) is 0. The van der Waals surface area contributed by atoms with Crippen molar-refractivity contribution >= 4 is 22.0 Å². The van der Waals surface area contributed by atoms with Gasteiger partial charge in [0.2, 0.25) is 5.16 Å². The number of aromatic nitrogens is 4. The van der Waals surface area contributed by atoms with Crippen LogP contribution in [0.25, 0.3) is 11.2 Å². The van der Waals surface area contributed by atoms with Crippen molar-refractivity contribution in [2.45, 2.75) is 29.7 Å². The Morgan fingerprint density at radius 3 is 2.77 bits per heavy atom. The number of aliphatic hydroxyl groups excluding tert-OH is 3. The second kappa shape index (κ2) is 5.52. The van der Waals surface area contributed by atoms with Gasteiger partial charge in [-0.25, -0.2) is 9.97 Å². The van der Waals surface area contributed by atoms with Crippen molar-refractivity contribution in [1.29, 1.82) is 0 Å². The van der Waals surface area contributed by atoms with Crippen molar-refractivity contribution in [1.82, 2.24) is 19.5 Å². The number of rotatable bonds is 3. The van der Waals surface area contributed by atoms with Gasteiger partial charge >= 0.3 is 0 Å². The summed E-state index contributed by atoms with van der Waals surface area (Å²) in [5.41, 5.74) is -0.503. The second-order valence-electron chi connectivity index (χ2n) is 4.88. The minimum atomic E-state index is -1.51. The van der Waals surface area contributed by atoms with Crippen LogP contribution in [-0.4, -0.2) is 70.2 Å². The number of aromatic amines is 1. The molecule has 5 atom stereocenters. The normalized spacial score (nSPS) is 30.0. The summed E-state index contributed by atoms with van der Waals surface area (Å²) in [7, 11) is -1.51. The molecule has 1 aliphatic heterocycles. The Kier molecular flexibility index (Phi) is 3.82. The van der Waals surface area contributed by atoms with Crippen molar-refractivity contribution in [2.75, 3.05) is 12.9 Å². The molecule has 1 fully saturated rings. The van der Waals surface area contributed by atoms with Gasteiger partial charge in [-0.3, -0.25) is 18.6 Å². The van der Waals surface area contributed by atoms with Gasteiger partial charge in [0.1, 0.15) is 18.3 Å². The maximum absolute atomic E-state index is 11.9. The molecular weight excluding hydrogens is 319 g/mol. The third kappa shape index (κ3) is 2.27. The van der Waals surface area contributed by atoms with Gasteiger partial charge in [-0.05, 0) is 0 Å². The Labute approximate surface area is 125 Å². The van der Waals surface area contributed by atoms with Crippen molar-refractivity contribution in [3.05, 3.63) is 16.7 Å². The molecule has 0 radical (unpaired) electrons. The van der Waals surface area contributed by atoms with E-state index in [4.69, 9.17) is 9.84 Å². The standard InChI is InChI=1S/C11H14N4O6S/c1-22(20)11-13-8-5(9(19)14-11)12-3-15(8)10-7(18)6(17)4(2-16)21-10/h3-4,6-7,10,16-18H,2H2,1H3,(H,13,14,19)/t4-,6-,7-,10-,22?/m1/s1/i11+1,13+1,14+1. The fourth-order valence-electron chi connectivity index (χ4n) is 2.34. The molecule has 2 aromatic heterocycles. The van der Waals surface area contributed by atoms with Crippen molar-refractivity contribution in [2.24, 2.45) is 0 Å². The summed E-state index contributed by atoms with van der Waals surface area (Å²) in [6.45, 7) is -0.473. The Bertz CT molecular complexity index is 788. The molecule has 1 aliphatic rings. The summed E-state index contributed by atoms with van der Waals surface area (Å²) < 4.78 is 18.1. The van der Waals surface area contributed by atoms with E-state index >= 15 is 0 Å². The number of hydrogen-bond acceptors (Lipinski definition) is 8. The summed E-state index contributed by atoms with van der Waals surface area (Å²) in [4.78, 5) is 22.2. The van der Waals surface area contributed by atoms with Crippen LogP contribution in [0.5, 0.6) is 0 Å². The molecule has 0 aliphatic carbocycles. The van der Waals surface area contributed by atoms with Crippen LogP contribution >= 0.6 is 0 Å². The van der Waals surface area contributed by atoms with Crippen LogP contribution in [0.15, 0.2) is 16.3 Å². The van der Waals surface area contributed by atoms with Crippen LogP contribution in [0.1, 0.15) is 6.23 Å². The number of ether oxygens (including phenoxy) is 1. The van der Waals surface area contributed by atoms with Crippen LogP contribution in [0.2, 0.25) is 0 Å². The first kappa shape index (κ1) is 15.2. The molecule has 0 spiro atoms. The number of hydrogen-bond donors (Lipinski definition) is 4. The number of nitrogens with one attached hydrogen (secondary N) is 1. The number of H-pyrrole nitrogens is 1. The van der Waals surface area contributed by atoms with E-state index in [0.717, 1.165) is 0 Å². The van der Waals surface area contributed by atoms with E-state index < -0.39 is 47.5 Å². The highest BCUT2D eigenvalue weighted by atomic mass is 32.2. The minimum absolute atomic E-state index is 0.00746. The van der Waals surface area contributed by atoms with Crippen LogP contribution < -0.4 is 5.56 Å². The van der Waals surface area contributed by atoms with Crippen LogP contribution in [0, 0.1) is 0 Å². The first-order valence-electron chi connectivity index (χ1n) is 6.36. The number of imidazole rings is 1. The van der Waals surface area contributed by atoms with E-state index in [-0.39, 0.29) is 16.3 Å². The second-order valence-corrected chi connectivity index (χ2v) is 6.17. The molecule has 11 heteroatoms. The molecule has 22 heavy (non-hydrogen) atoms. The Morgan fingerprint density at radius 1 is 1.45 bits per heavy atom. The first-order chi connectivity index (χ1) is 10.4. The lowest BCUT2D eigenvalue weighted by Crippen LogP contribution is -2.33. The summed E-state index contributed by atoms with van der Waals surface area (Å²) in [5.74, 6) is 0. The zero-order valence-corrected chi connectivity index (χ0v) is 12.2. The Hall–Kier alpha value is -1.66. The van der Waals surface area contributed by atoms with Gasteiger partial charge in [0, 0.05) is 6.26 Å². The van der Waals surface area contributed by atoms with Gasteiger partial charge in [-0.1, -0.05) is 0 Å². The highest BCUT2D eigenvalue weighted by Gasteiger charge is 2.44. The zero-order valence-electron chi connectivity index (χ0n) is 11.4. The van der Waals surface area contributed by atoms with E-state index in [9.17, 15) is 19.2 Å². The van der Waals surface area contributed by atoms with Gasteiger partial charge in [0.05, 0.1) is 23.7 Å². The average Bonchev–Trinajstić information content (AvgIpc) is 3.02. The third-order valence-corrected chi connectivity index (χ3v) is 4.21. The van der Waals surface area contributed by atoms with Crippen molar-refractivity contribution in [3.8, 4) is 0 Å². The highest BCUT2D eigenvalue weighted by Crippen LogP contribution is 2.30. The van der Waals surface area contributed by atoms with E-state index in [2.05, 4.69) is 15.0 Å². The van der Waals surface area contributed by atoms with Crippen molar-refractivity contribution < 1.29 is 24.3 Å². The van der Waals surface area contributed by atoms with Gasteiger partial charge in [0.15, 0.2) is 17.4 Å². The molecule has 10 nitrogen and oxygen atoms in total. The molecular formula is C11H14N4O6S. The topological polar surface area (TPSA) is 151 Å². The molecule has 1 unspecified atom stereocenters. The molecule has 2 aromatic rings. The lowest BCUT2D eigenvalue weighted by Gasteiger charge is -2.16. The Morgan fingerprint density at radius 2 is 2.18 bits per heavy atom. The molecule has 0 amide bonds. The predicted octanol–water partition coefficient (Wildman–Crippen LogP) is -2.53. The maximum atomic E-state index is 11.9. The lowest BCUT2D eigenvalue weighted by atomic mass is 10.1. The van der Waals surface area contributed by atoms with Crippen LogP contribution in [-0.2, 0) is 15.5 Å². The quantitative estimate of drug-likeness (QED) is 0.449. The van der Waals surface area contributed by atoms with E-state index in [1.54, 1.807) is 0 Å². The summed E-state index contributed by atoms with van der Waals surface area (Å²) in [5, 5.41) is 28.9. The fourth-order valence-corrected chi connectivity index (χ4v) is 2.79. The van der Waals surface area contributed by atoms with Crippen molar-refractivity contribution in [3.63, 3.8) is 0 Å². The van der Waals surface area contributed by atoms with Gasteiger partial charge in [-0.2, -0.15) is 0 Å². The molecule has 3 heterocycles. The van der Waals surface area contributed by atoms with Gasteiger partial charge < -0.3 is 20.1 Å². The number of fused-ring (bicyclic) bond motifs is 1. The van der Waals surface area contributed by atoms with Crippen LogP contribution in [0.4, 0.5) is 0 Å². The molecule has 0 bridgehead atoms. The lowest BCUT2D eigenvalue weighted by molar-refractivity contribution is -0.0511. The predicted molar refractivity (Wildman–Crippen MR) is 73.5 cm³/mol. The highest BCUT2D eigenvalue weighted by molar-refractivity contribution is 7.84. The fraction of sp³-hybridized carbons (Fsp3) is 0.545. The largest absolute Gasteiger partial charge is 0.394 e. The number of aliphatic hydroxyl groups is 3. The summed E-state index contributed by atoms with van der Waals surface area (Å²) in [6.07, 6.45) is -2.04. The van der Waals surface area contributed by atoms with Crippen LogP contribution in [0.3, 0.4) is 0 Å². The molecule has 4 N–H and O–H groups in total. The average molecular weight is 333 g/mol. The molecule has 3 rings (SSSR count). The first-order valence-corrected chi connectivity index (χ1v) is 7.92. The van der Waals surface area contributed by atoms with E-state index in [1.807, 2.05) is 0 Å². The molecule has 1 saturated heterocycles.